The molecule has 114 valence electrons. The highest BCUT2D eigenvalue weighted by atomic mass is 16.2. The van der Waals surface area contributed by atoms with E-state index in [2.05, 4.69) is 17.6 Å². The highest BCUT2D eigenvalue weighted by Crippen LogP contribution is 2.36. The summed E-state index contributed by atoms with van der Waals surface area (Å²) in [5, 5.41) is 6.07. The van der Waals surface area contributed by atoms with E-state index < -0.39 is 0 Å². The van der Waals surface area contributed by atoms with Crippen LogP contribution in [0.5, 0.6) is 0 Å². The molecule has 2 heterocycles. The Morgan fingerprint density at radius 2 is 2.20 bits per heavy atom. The molecule has 0 radical (unpaired) electrons. The molecule has 2 fully saturated rings. The lowest BCUT2D eigenvalue weighted by atomic mass is 9.75. The van der Waals surface area contributed by atoms with Crippen LogP contribution >= 0.6 is 0 Å². The smallest absolute Gasteiger partial charge is 0.242 e. The molecular weight excluding hydrogens is 254 g/mol. The summed E-state index contributed by atoms with van der Waals surface area (Å²) in [5.74, 6) is 0.170. The van der Waals surface area contributed by atoms with Gasteiger partial charge in [0.2, 0.25) is 11.8 Å². The lowest BCUT2D eigenvalue weighted by Gasteiger charge is -2.40. The van der Waals surface area contributed by atoms with E-state index in [1.54, 1.807) is 7.05 Å². The van der Waals surface area contributed by atoms with Crippen LogP contribution in [0.3, 0.4) is 0 Å². The molecule has 2 aliphatic heterocycles. The molecular formula is C15H27N3O2. The molecule has 0 aromatic carbocycles. The van der Waals surface area contributed by atoms with Crippen LogP contribution < -0.4 is 10.6 Å². The Bertz CT molecular complexity index is 359. The molecule has 2 amide bonds. The van der Waals surface area contributed by atoms with Crippen LogP contribution in [0.25, 0.3) is 0 Å². The highest BCUT2D eigenvalue weighted by Gasteiger charge is 2.45. The Morgan fingerprint density at radius 3 is 2.80 bits per heavy atom. The number of nitrogens with one attached hydrogen (secondary N) is 2. The van der Waals surface area contributed by atoms with Crippen molar-refractivity contribution in [3.8, 4) is 0 Å². The molecule has 0 saturated carbocycles. The summed E-state index contributed by atoms with van der Waals surface area (Å²) in [7, 11) is 1.65. The van der Waals surface area contributed by atoms with Crippen LogP contribution in [0.4, 0.5) is 0 Å². The van der Waals surface area contributed by atoms with Gasteiger partial charge in [0.1, 0.15) is 6.04 Å². The number of hydrogen-bond acceptors (Lipinski definition) is 3. The Labute approximate surface area is 121 Å². The normalized spacial score (nSPS) is 30.3. The maximum Gasteiger partial charge on any atom is 0.242 e. The monoisotopic (exact) mass is 281 g/mol. The first-order chi connectivity index (χ1) is 9.64. The largest absolute Gasteiger partial charge is 0.357 e. The van der Waals surface area contributed by atoms with Gasteiger partial charge in [0.25, 0.3) is 0 Å². The first kappa shape index (κ1) is 15.3. The molecule has 2 unspecified atom stereocenters. The molecule has 0 bridgehead atoms. The van der Waals surface area contributed by atoms with Gasteiger partial charge in [-0.15, -0.1) is 0 Å². The molecule has 0 aromatic rings. The maximum absolute atomic E-state index is 13.0. The second kappa shape index (κ2) is 6.57. The Hall–Kier alpha value is -1.10. The molecule has 20 heavy (non-hydrogen) atoms. The standard InChI is InChI=1S/C15H27N3O2/c1-3-7-15(8-5-9-17-11-15)14(20)18-10-4-6-12(18)13(19)16-2/h12,17H,3-11H2,1-2H3,(H,16,19). The molecule has 0 aliphatic carbocycles. The van der Waals surface area contributed by atoms with Gasteiger partial charge < -0.3 is 15.5 Å². The third kappa shape index (κ3) is 2.82. The van der Waals surface area contributed by atoms with Gasteiger partial charge in [0, 0.05) is 20.1 Å². The van der Waals surface area contributed by atoms with Crippen molar-refractivity contribution in [3.05, 3.63) is 0 Å². The minimum absolute atomic E-state index is 0.0220. The van der Waals surface area contributed by atoms with Crippen LogP contribution in [0.2, 0.25) is 0 Å². The van der Waals surface area contributed by atoms with Crippen LogP contribution in [0.1, 0.15) is 45.4 Å². The number of carbonyl (C=O) groups is 2. The molecule has 2 rings (SSSR count). The highest BCUT2D eigenvalue weighted by molar-refractivity contribution is 5.90. The van der Waals surface area contributed by atoms with Gasteiger partial charge in [-0.25, -0.2) is 0 Å². The molecule has 2 N–H and O–H groups in total. The van der Waals surface area contributed by atoms with E-state index in [-0.39, 0.29) is 23.3 Å². The second-order valence-corrected chi connectivity index (χ2v) is 6.08. The zero-order valence-electron chi connectivity index (χ0n) is 12.7. The third-order valence-electron chi connectivity index (χ3n) is 4.72. The number of piperidine rings is 1. The SMILES string of the molecule is CCCC1(C(=O)N2CCCC2C(=O)NC)CCCNC1. The van der Waals surface area contributed by atoms with E-state index in [0.29, 0.717) is 0 Å². The Balaban J connectivity index is 2.16. The van der Waals surface area contributed by atoms with Crippen LogP contribution in [0, 0.1) is 5.41 Å². The van der Waals surface area contributed by atoms with Crippen LogP contribution in [-0.4, -0.2) is 49.4 Å². The van der Waals surface area contributed by atoms with Crippen molar-refractivity contribution in [1.82, 2.24) is 15.5 Å². The molecule has 2 atom stereocenters. The fourth-order valence-electron chi connectivity index (χ4n) is 3.70. The van der Waals surface area contributed by atoms with Crippen molar-refractivity contribution < 1.29 is 9.59 Å². The number of rotatable bonds is 4. The van der Waals surface area contributed by atoms with Gasteiger partial charge in [-0.2, -0.15) is 0 Å². The molecule has 5 heteroatoms. The van der Waals surface area contributed by atoms with E-state index in [0.717, 1.165) is 58.2 Å². The molecule has 5 nitrogen and oxygen atoms in total. The number of likely N-dealkylation sites (tertiary alicyclic amines) is 1. The van der Waals surface area contributed by atoms with Crippen LogP contribution in [0.15, 0.2) is 0 Å². The van der Waals surface area contributed by atoms with Crippen molar-refractivity contribution in [3.63, 3.8) is 0 Å². The average Bonchev–Trinajstić information content (AvgIpc) is 2.96. The summed E-state index contributed by atoms with van der Waals surface area (Å²) in [4.78, 5) is 26.8. The van der Waals surface area contributed by atoms with Crippen molar-refractivity contribution in [1.29, 1.82) is 0 Å². The third-order valence-corrected chi connectivity index (χ3v) is 4.72. The van der Waals surface area contributed by atoms with E-state index in [1.807, 2.05) is 4.90 Å². The van der Waals surface area contributed by atoms with Crippen molar-refractivity contribution in [2.45, 2.75) is 51.5 Å². The maximum atomic E-state index is 13.0. The molecule has 2 saturated heterocycles. The zero-order valence-corrected chi connectivity index (χ0v) is 12.7. The summed E-state index contributed by atoms with van der Waals surface area (Å²) in [5.41, 5.74) is -0.288. The van der Waals surface area contributed by atoms with Crippen molar-refractivity contribution in [2.75, 3.05) is 26.7 Å². The number of nitrogens with zero attached hydrogens (tertiary/aromatic N) is 1. The van der Waals surface area contributed by atoms with Gasteiger partial charge >= 0.3 is 0 Å². The van der Waals surface area contributed by atoms with Gasteiger partial charge in [-0.1, -0.05) is 13.3 Å². The van der Waals surface area contributed by atoms with E-state index in [1.165, 1.54) is 0 Å². The van der Waals surface area contributed by atoms with E-state index in [4.69, 9.17) is 0 Å². The van der Waals surface area contributed by atoms with E-state index in [9.17, 15) is 9.59 Å². The minimum atomic E-state index is -0.288. The Morgan fingerprint density at radius 1 is 1.40 bits per heavy atom. The van der Waals surface area contributed by atoms with Crippen molar-refractivity contribution in [2.24, 2.45) is 5.41 Å². The predicted molar refractivity (Wildman–Crippen MR) is 78.2 cm³/mol. The minimum Gasteiger partial charge on any atom is -0.357 e. The number of carbonyl (C=O) groups excluding carboxylic acids is 2. The van der Waals surface area contributed by atoms with Gasteiger partial charge in [-0.3, -0.25) is 9.59 Å². The lowest BCUT2D eigenvalue weighted by molar-refractivity contribution is -0.148. The summed E-state index contributed by atoms with van der Waals surface area (Å²) >= 11 is 0. The van der Waals surface area contributed by atoms with Gasteiger partial charge in [0.15, 0.2) is 0 Å². The molecule has 0 aromatic heterocycles. The fraction of sp³-hybridized carbons (Fsp3) is 0.867. The topological polar surface area (TPSA) is 61.4 Å². The molecule has 2 aliphatic rings. The number of hydrogen-bond donors (Lipinski definition) is 2. The number of amides is 2. The molecule has 0 spiro atoms. The van der Waals surface area contributed by atoms with Crippen LogP contribution in [-0.2, 0) is 9.59 Å². The second-order valence-electron chi connectivity index (χ2n) is 6.08. The lowest BCUT2D eigenvalue weighted by Crippen LogP contribution is -2.55. The van der Waals surface area contributed by atoms with Gasteiger partial charge in [0.05, 0.1) is 5.41 Å². The Kier molecular flexibility index (Phi) is 5.02. The first-order valence-corrected chi connectivity index (χ1v) is 7.88. The fourth-order valence-corrected chi connectivity index (χ4v) is 3.70. The predicted octanol–water partition coefficient (Wildman–Crippen LogP) is 0.893. The van der Waals surface area contributed by atoms with Crippen molar-refractivity contribution >= 4 is 11.8 Å². The summed E-state index contributed by atoms with van der Waals surface area (Å²) in [6, 6.07) is -0.261. The summed E-state index contributed by atoms with van der Waals surface area (Å²) in [6.45, 7) is 4.61. The number of likely N-dealkylation sites (N-methyl/N-ethyl adjacent to an activating group) is 1. The average molecular weight is 281 g/mol. The zero-order chi connectivity index (χ0) is 14.6. The summed E-state index contributed by atoms with van der Waals surface area (Å²) in [6.07, 6.45) is 5.63. The quantitative estimate of drug-likeness (QED) is 0.804. The first-order valence-electron chi connectivity index (χ1n) is 7.88. The van der Waals surface area contributed by atoms with E-state index >= 15 is 0 Å². The summed E-state index contributed by atoms with van der Waals surface area (Å²) < 4.78 is 0. The van der Waals surface area contributed by atoms with Gasteiger partial charge in [-0.05, 0) is 38.6 Å².